The highest BCUT2D eigenvalue weighted by molar-refractivity contribution is 7.89. The number of aromatic nitrogens is 1. The number of benzene rings is 1. The summed E-state index contributed by atoms with van der Waals surface area (Å²) < 4.78 is 25.8. The molecule has 1 amide bonds. The Labute approximate surface area is 153 Å². The number of nitrogens with one attached hydrogen (secondary N) is 1. The summed E-state index contributed by atoms with van der Waals surface area (Å²) in [5.41, 5.74) is 1.71. The summed E-state index contributed by atoms with van der Waals surface area (Å²) in [4.78, 5) is 20.9. The third-order valence-electron chi connectivity index (χ3n) is 4.50. The summed E-state index contributed by atoms with van der Waals surface area (Å²) >= 11 is 0. The first-order valence-electron chi connectivity index (χ1n) is 8.44. The van der Waals surface area contributed by atoms with Crippen molar-refractivity contribution in [2.24, 2.45) is 0 Å². The molecule has 26 heavy (non-hydrogen) atoms. The van der Waals surface area contributed by atoms with E-state index in [0.29, 0.717) is 18.7 Å². The van der Waals surface area contributed by atoms with E-state index in [1.807, 2.05) is 17.0 Å². The van der Waals surface area contributed by atoms with Gasteiger partial charge in [-0.1, -0.05) is 0 Å². The van der Waals surface area contributed by atoms with Crippen LogP contribution >= 0.6 is 0 Å². The van der Waals surface area contributed by atoms with Gasteiger partial charge in [0, 0.05) is 50.7 Å². The molecule has 0 bridgehead atoms. The van der Waals surface area contributed by atoms with Crippen molar-refractivity contribution in [1.82, 2.24) is 19.5 Å². The van der Waals surface area contributed by atoms with Crippen molar-refractivity contribution in [3.8, 4) is 0 Å². The van der Waals surface area contributed by atoms with Crippen LogP contribution in [-0.4, -0.2) is 62.3 Å². The van der Waals surface area contributed by atoms with Crippen LogP contribution in [0, 0.1) is 0 Å². The molecule has 0 unspecified atom stereocenters. The average Bonchev–Trinajstić information content (AvgIpc) is 2.69. The Hall–Kier alpha value is -2.29. The van der Waals surface area contributed by atoms with E-state index < -0.39 is 10.0 Å². The second kappa shape index (κ2) is 7.94. The lowest BCUT2D eigenvalue weighted by atomic mass is 10.1. The van der Waals surface area contributed by atoms with Gasteiger partial charge in [-0.2, -0.15) is 0 Å². The maximum Gasteiger partial charge on any atom is 0.253 e. The van der Waals surface area contributed by atoms with Crippen molar-refractivity contribution in [2.75, 3.05) is 33.2 Å². The van der Waals surface area contributed by atoms with Crippen molar-refractivity contribution in [2.45, 2.75) is 11.4 Å². The standard InChI is InChI=1S/C18H22N4O3S/c1-19-26(24,25)17-4-2-16(3-5-17)18(23)22-12-10-21(11-13-22)14-15-6-8-20-9-7-15/h2-9,19H,10-14H2,1H3. The van der Waals surface area contributed by atoms with E-state index >= 15 is 0 Å². The van der Waals surface area contributed by atoms with E-state index in [4.69, 9.17) is 0 Å². The molecule has 1 aromatic heterocycles. The van der Waals surface area contributed by atoms with Crippen LogP contribution in [0.3, 0.4) is 0 Å². The predicted molar refractivity (Wildman–Crippen MR) is 98.1 cm³/mol. The summed E-state index contributed by atoms with van der Waals surface area (Å²) in [6, 6.07) is 10.0. The van der Waals surface area contributed by atoms with E-state index in [1.54, 1.807) is 24.5 Å². The largest absolute Gasteiger partial charge is 0.336 e. The van der Waals surface area contributed by atoms with Gasteiger partial charge in [0.15, 0.2) is 0 Å². The van der Waals surface area contributed by atoms with Gasteiger partial charge in [0.1, 0.15) is 0 Å². The smallest absolute Gasteiger partial charge is 0.253 e. The zero-order chi connectivity index (χ0) is 18.6. The van der Waals surface area contributed by atoms with Crippen molar-refractivity contribution in [3.05, 3.63) is 59.9 Å². The minimum absolute atomic E-state index is 0.0676. The number of sulfonamides is 1. The number of amides is 1. The van der Waals surface area contributed by atoms with Crippen LogP contribution in [0.5, 0.6) is 0 Å². The van der Waals surface area contributed by atoms with Gasteiger partial charge in [0.2, 0.25) is 10.0 Å². The molecule has 3 rings (SSSR count). The van der Waals surface area contributed by atoms with Crippen molar-refractivity contribution >= 4 is 15.9 Å². The Morgan fingerprint density at radius 1 is 1.04 bits per heavy atom. The second-order valence-corrected chi connectivity index (χ2v) is 8.04. The van der Waals surface area contributed by atoms with Crippen molar-refractivity contribution in [3.63, 3.8) is 0 Å². The van der Waals surface area contributed by atoms with Crippen LogP contribution in [-0.2, 0) is 16.6 Å². The Morgan fingerprint density at radius 2 is 1.65 bits per heavy atom. The van der Waals surface area contributed by atoms with Gasteiger partial charge in [-0.15, -0.1) is 0 Å². The summed E-state index contributed by atoms with van der Waals surface area (Å²) in [6.07, 6.45) is 3.57. The number of nitrogens with zero attached hydrogens (tertiary/aromatic N) is 3. The third-order valence-corrected chi connectivity index (χ3v) is 5.93. The molecular weight excluding hydrogens is 352 g/mol. The number of hydrogen-bond donors (Lipinski definition) is 1. The van der Waals surface area contributed by atoms with Crippen LogP contribution < -0.4 is 4.72 Å². The molecule has 138 valence electrons. The third kappa shape index (κ3) is 4.27. The maximum atomic E-state index is 12.6. The molecule has 1 aliphatic heterocycles. The molecule has 1 aromatic carbocycles. The van der Waals surface area contributed by atoms with Gasteiger partial charge in [0.05, 0.1) is 4.90 Å². The molecule has 2 aromatic rings. The summed E-state index contributed by atoms with van der Waals surface area (Å²) in [5, 5.41) is 0. The highest BCUT2D eigenvalue weighted by Crippen LogP contribution is 2.14. The fraction of sp³-hybridized carbons (Fsp3) is 0.333. The Kier molecular flexibility index (Phi) is 5.65. The maximum absolute atomic E-state index is 12.6. The number of rotatable bonds is 5. The molecule has 7 nitrogen and oxygen atoms in total. The fourth-order valence-electron chi connectivity index (χ4n) is 2.93. The molecule has 0 saturated carbocycles. The lowest BCUT2D eigenvalue weighted by Crippen LogP contribution is -2.48. The lowest BCUT2D eigenvalue weighted by Gasteiger charge is -2.34. The number of carbonyl (C=O) groups is 1. The molecule has 1 aliphatic rings. The van der Waals surface area contributed by atoms with Gasteiger partial charge in [-0.3, -0.25) is 14.7 Å². The van der Waals surface area contributed by atoms with E-state index in [-0.39, 0.29) is 10.8 Å². The van der Waals surface area contributed by atoms with E-state index in [2.05, 4.69) is 14.6 Å². The average molecular weight is 374 g/mol. The molecule has 0 radical (unpaired) electrons. The van der Waals surface area contributed by atoms with Gasteiger partial charge in [0.25, 0.3) is 5.91 Å². The summed E-state index contributed by atoms with van der Waals surface area (Å²) in [6.45, 7) is 3.77. The first-order chi connectivity index (χ1) is 12.5. The normalized spacial score (nSPS) is 15.8. The SMILES string of the molecule is CNS(=O)(=O)c1ccc(C(=O)N2CCN(Cc3ccncc3)CC2)cc1. The minimum Gasteiger partial charge on any atom is -0.336 e. The molecule has 1 saturated heterocycles. The minimum atomic E-state index is -3.49. The molecule has 8 heteroatoms. The zero-order valence-corrected chi connectivity index (χ0v) is 15.4. The molecule has 1 N–H and O–H groups in total. The Balaban J connectivity index is 1.58. The van der Waals surface area contributed by atoms with E-state index in [9.17, 15) is 13.2 Å². The van der Waals surface area contributed by atoms with Crippen LogP contribution in [0.1, 0.15) is 15.9 Å². The van der Waals surface area contributed by atoms with E-state index in [1.165, 1.54) is 24.7 Å². The van der Waals surface area contributed by atoms with Gasteiger partial charge in [-0.05, 0) is 49.0 Å². The number of hydrogen-bond acceptors (Lipinski definition) is 5. The molecule has 0 atom stereocenters. The van der Waals surface area contributed by atoms with Crippen molar-refractivity contribution < 1.29 is 13.2 Å². The van der Waals surface area contributed by atoms with Gasteiger partial charge < -0.3 is 4.90 Å². The van der Waals surface area contributed by atoms with Crippen LogP contribution in [0.2, 0.25) is 0 Å². The number of pyridine rings is 1. The quantitative estimate of drug-likeness (QED) is 0.843. The molecule has 1 fully saturated rings. The second-order valence-electron chi connectivity index (χ2n) is 6.16. The number of piperazine rings is 1. The Morgan fingerprint density at radius 3 is 2.23 bits per heavy atom. The zero-order valence-electron chi connectivity index (χ0n) is 14.6. The van der Waals surface area contributed by atoms with E-state index in [0.717, 1.165) is 19.6 Å². The molecule has 2 heterocycles. The monoisotopic (exact) mass is 374 g/mol. The predicted octanol–water partition coefficient (Wildman–Crippen LogP) is 0.948. The summed E-state index contributed by atoms with van der Waals surface area (Å²) in [5.74, 6) is -0.0676. The molecule has 0 aliphatic carbocycles. The first kappa shape index (κ1) is 18.5. The fourth-order valence-corrected chi connectivity index (χ4v) is 3.66. The van der Waals surface area contributed by atoms with Crippen LogP contribution in [0.25, 0.3) is 0 Å². The molecular formula is C18H22N4O3S. The van der Waals surface area contributed by atoms with Crippen molar-refractivity contribution in [1.29, 1.82) is 0 Å². The van der Waals surface area contributed by atoms with Gasteiger partial charge >= 0.3 is 0 Å². The van der Waals surface area contributed by atoms with Crippen LogP contribution in [0.4, 0.5) is 0 Å². The highest BCUT2D eigenvalue weighted by Gasteiger charge is 2.22. The number of carbonyl (C=O) groups excluding carboxylic acids is 1. The molecule has 0 spiro atoms. The first-order valence-corrected chi connectivity index (χ1v) is 9.92. The summed E-state index contributed by atoms with van der Waals surface area (Å²) in [7, 11) is -2.13. The Bertz CT molecular complexity index is 846. The van der Waals surface area contributed by atoms with Crippen LogP contribution in [0.15, 0.2) is 53.7 Å². The topological polar surface area (TPSA) is 82.6 Å². The lowest BCUT2D eigenvalue weighted by molar-refractivity contribution is 0.0628. The highest BCUT2D eigenvalue weighted by atomic mass is 32.2. The van der Waals surface area contributed by atoms with Gasteiger partial charge in [-0.25, -0.2) is 13.1 Å².